The highest BCUT2D eigenvalue weighted by molar-refractivity contribution is 5.87. The molecular weight excluding hydrogens is 388 g/mol. The molecule has 2 N–H and O–H groups in total. The molecule has 0 saturated carbocycles. The number of aromatic hydroxyl groups is 1. The maximum absolute atomic E-state index is 11.8. The third kappa shape index (κ3) is 7.81. The summed E-state index contributed by atoms with van der Waals surface area (Å²) >= 11 is 0. The summed E-state index contributed by atoms with van der Waals surface area (Å²) in [7, 11) is 1.44. The normalized spacial score (nSPS) is 12.1. The van der Waals surface area contributed by atoms with Crippen LogP contribution < -0.4 is 4.74 Å². The summed E-state index contributed by atoms with van der Waals surface area (Å²) in [6, 6.07) is 14.0. The number of benzene rings is 2. The van der Waals surface area contributed by atoms with Crippen LogP contribution in [-0.2, 0) is 19.1 Å². The lowest BCUT2D eigenvalue weighted by Gasteiger charge is -2.13. The number of aliphatic hydroxyl groups is 1. The number of phenolic OH excluding ortho intramolecular Hbond substituents is 1. The van der Waals surface area contributed by atoms with Crippen LogP contribution in [0.2, 0.25) is 0 Å². The molecule has 0 radical (unpaired) electrons. The summed E-state index contributed by atoms with van der Waals surface area (Å²) in [4.78, 5) is 23.6. The summed E-state index contributed by atoms with van der Waals surface area (Å²) in [5, 5.41) is 19.1. The van der Waals surface area contributed by atoms with E-state index >= 15 is 0 Å². The Labute approximate surface area is 174 Å². The van der Waals surface area contributed by atoms with Crippen molar-refractivity contribution in [1.29, 1.82) is 0 Å². The first kappa shape index (κ1) is 22.7. The molecule has 0 fully saturated rings. The Morgan fingerprint density at radius 2 is 1.53 bits per heavy atom. The Bertz CT molecular complexity index is 888. The van der Waals surface area contributed by atoms with Crippen LogP contribution >= 0.6 is 0 Å². The molecule has 1 unspecified atom stereocenters. The molecule has 0 aliphatic heterocycles. The van der Waals surface area contributed by atoms with Crippen molar-refractivity contribution in [2.45, 2.75) is 0 Å². The Hall–Kier alpha value is -3.58. The summed E-state index contributed by atoms with van der Waals surface area (Å²) in [5.74, 6) is -1.44. The fourth-order valence-corrected chi connectivity index (χ4v) is 2.35. The zero-order chi connectivity index (χ0) is 21.8. The van der Waals surface area contributed by atoms with Crippen molar-refractivity contribution in [2.75, 3.05) is 26.9 Å². The highest BCUT2D eigenvalue weighted by atomic mass is 16.5. The van der Waals surface area contributed by atoms with E-state index in [9.17, 15) is 19.8 Å². The van der Waals surface area contributed by atoms with Gasteiger partial charge in [0.1, 0.15) is 0 Å². The van der Waals surface area contributed by atoms with Gasteiger partial charge in [0.2, 0.25) is 0 Å². The van der Waals surface area contributed by atoms with E-state index in [2.05, 4.69) is 0 Å². The third-order valence-corrected chi connectivity index (χ3v) is 4.01. The molecule has 0 bridgehead atoms. The molecule has 0 aromatic heterocycles. The van der Waals surface area contributed by atoms with Gasteiger partial charge in [-0.15, -0.1) is 0 Å². The molecule has 0 aliphatic rings. The van der Waals surface area contributed by atoms with Gasteiger partial charge in [0.25, 0.3) is 0 Å². The Morgan fingerprint density at radius 1 is 0.933 bits per heavy atom. The number of hydrogen-bond donors (Lipinski definition) is 2. The predicted octanol–water partition coefficient (Wildman–Crippen LogP) is 2.82. The molecule has 1 atom stereocenters. The Morgan fingerprint density at radius 3 is 2.07 bits per heavy atom. The van der Waals surface area contributed by atoms with Crippen LogP contribution in [0.25, 0.3) is 12.2 Å². The summed E-state index contributed by atoms with van der Waals surface area (Å²) in [6.45, 7) is -0.500. The van der Waals surface area contributed by atoms with Gasteiger partial charge in [-0.1, -0.05) is 36.4 Å². The molecule has 0 heterocycles. The van der Waals surface area contributed by atoms with Crippen LogP contribution in [0.5, 0.6) is 11.5 Å². The first-order valence-electron chi connectivity index (χ1n) is 9.24. The van der Waals surface area contributed by atoms with Gasteiger partial charge in [-0.2, -0.15) is 0 Å². The average Bonchev–Trinajstić information content (AvgIpc) is 2.77. The molecule has 0 amide bonds. The van der Waals surface area contributed by atoms with E-state index in [4.69, 9.17) is 14.2 Å². The summed E-state index contributed by atoms with van der Waals surface area (Å²) in [6.07, 6.45) is 5.59. The van der Waals surface area contributed by atoms with Crippen molar-refractivity contribution in [3.63, 3.8) is 0 Å². The molecule has 0 aliphatic carbocycles. The molecule has 7 heteroatoms. The van der Waals surface area contributed by atoms with E-state index < -0.39 is 17.9 Å². The van der Waals surface area contributed by atoms with E-state index in [-0.39, 0.29) is 25.6 Å². The lowest BCUT2D eigenvalue weighted by atomic mass is 10.2. The van der Waals surface area contributed by atoms with E-state index in [1.54, 1.807) is 18.2 Å². The van der Waals surface area contributed by atoms with Gasteiger partial charge in [0.15, 0.2) is 11.5 Å². The lowest BCUT2D eigenvalue weighted by molar-refractivity contribution is -0.143. The molecule has 2 aromatic rings. The van der Waals surface area contributed by atoms with Gasteiger partial charge in [-0.05, 0) is 35.4 Å². The zero-order valence-corrected chi connectivity index (χ0v) is 16.6. The molecule has 2 rings (SSSR count). The van der Waals surface area contributed by atoms with Crippen molar-refractivity contribution in [1.82, 2.24) is 0 Å². The first-order chi connectivity index (χ1) is 14.5. The van der Waals surface area contributed by atoms with E-state index in [1.165, 1.54) is 31.4 Å². The Kier molecular flexibility index (Phi) is 9.15. The van der Waals surface area contributed by atoms with E-state index in [1.807, 2.05) is 30.3 Å². The quantitative estimate of drug-likeness (QED) is 0.457. The molecule has 0 spiro atoms. The van der Waals surface area contributed by atoms with E-state index in [0.29, 0.717) is 11.3 Å². The second kappa shape index (κ2) is 12.1. The van der Waals surface area contributed by atoms with Gasteiger partial charge >= 0.3 is 11.9 Å². The second-order valence-electron chi connectivity index (χ2n) is 6.32. The van der Waals surface area contributed by atoms with Crippen molar-refractivity contribution < 1.29 is 34.0 Å². The highest BCUT2D eigenvalue weighted by Gasteiger charge is 2.12. The maximum atomic E-state index is 11.8. The smallest absolute Gasteiger partial charge is 0.330 e. The SMILES string of the molecule is COc1ccc(/C=C/C(=O)OCC(CO)COC(=O)/C=C/c2ccccc2)cc1O. The average molecular weight is 412 g/mol. The second-order valence-corrected chi connectivity index (χ2v) is 6.32. The molecule has 158 valence electrons. The number of hydrogen-bond acceptors (Lipinski definition) is 7. The standard InChI is InChI=1S/C23H24O7/c1-28-21-10-7-18(13-20(21)25)9-12-23(27)30-16-19(14-24)15-29-22(26)11-8-17-5-3-2-4-6-17/h2-13,19,24-25H,14-16H2,1H3/b11-8+,12-9+. The number of rotatable bonds is 10. The molecule has 2 aromatic carbocycles. The van der Waals surface area contributed by atoms with Crippen molar-refractivity contribution >= 4 is 24.1 Å². The molecule has 30 heavy (non-hydrogen) atoms. The minimum atomic E-state index is -0.626. The number of ether oxygens (including phenoxy) is 3. The van der Waals surface area contributed by atoms with Crippen LogP contribution in [0.15, 0.2) is 60.7 Å². The van der Waals surface area contributed by atoms with Crippen molar-refractivity contribution in [3.8, 4) is 11.5 Å². The number of esters is 2. The van der Waals surface area contributed by atoms with Crippen molar-refractivity contribution in [2.24, 2.45) is 5.92 Å². The van der Waals surface area contributed by atoms with Gasteiger partial charge in [0.05, 0.1) is 32.8 Å². The highest BCUT2D eigenvalue weighted by Crippen LogP contribution is 2.26. The third-order valence-electron chi connectivity index (χ3n) is 4.01. The first-order valence-corrected chi connectivity index (χ1v) is 9.24. The number of carbonyl (C=O) groups is 2. The van der Waals surface area contributed by atoms with Gasteiger partial charge in [0, 0.05) is 12.2 Å². The van der Waals surface area contributed by atoms with E-state index in [0.717, 1.165) is 5.56 Å². The zero-order valence-electron chi connectivity index (χ0n) is 16.6. The largest absolute Gasteiger partial charge is 0.504 e. The summed E-state index contributed by atoms with van der Waals surface area (Å²) < 4.78 is 15.1. The lowest BCUT2D eigenvalue weighted by Crippen LogP contribution is -2.22. The van der Waals surface area contributed by atoms with Crippen molar-refractivity contribution in [3.05, 3.63) is 71.8 Å². The predicted molar refractivity (Wildman–Crippen MR) is 112 cm³/mol. The van der Waals surface area contributed by atoms with Crippen LogP contribution in [0.4, 0.5) is 0 Å². The molecular formula is C23H24O7. The molecule has 7 nitrogen and oxygen atoms in total. The Balaban J connectivity index is 1.76. The minimum absolute atomic E-state index is 0.0449. The van der Waals surface area contributed by atoms with Crippen LogP contribution in [0.3, 0.4) is 0 Å². The monoisotopic (exact) mass is 412 g/mol. The van der Waals surface area contributed by atoms with Gasteiger partial charge < -0.3 is 24.4 Å². The number of aliphatic hydroxyl groups excluding tert-OH is 1. The van der Waals surface area contributed by atoms with Crippen LogP contribution in [0.1, 0.15) is 11.1 Å². The molecule has 0 saturated heterocycles. The fraction of sp³-hybridized carbons (Fsp3) is 0.217. The number of carbonyl (C=O) groups excluding carboxylic acids is 2. The van der Waals surface area contributed by atoms with Crippen LogP contribution in [0, 0.1) is 5.92 Å². The topological polar surface area (TPSA) is 102 Å². The maximum Gasteiger partial charge on any atom is 0.330 e. The number of phenols is 1. The number of methoxy groups -OCH3 is 1. The fourth-order valence-electron chi connectivity index (χ4n) is 2.35. The minimum Gasteiger partial charge on any atom is -0.504 e. The van der Waals surface area contributed by atoms with Gasteiger partial charge in [-0.3, -0.25) is 0 Å². The van der Waals surface area contributed by atoms with Crippen LogP contribution in [-0.4, -0.2) is 49.1 Å². The summed E-state index contributed by atoms with van der Waals surface area (Å²) in [5.41, 5.74) is 1.45. The van der Waals surface area contributed by atoms with Gasteiger partial charge in [-0.25, -0.2) is 9.59 Å².